The predicted octanol–water partition coefficient (Wildman–Crippen LogP) is 6.08. The molecule has 4 aromatic rings. The number of nitrogens with zero attached hydrogens (tertiary/aromatic N) is 3. The SMILES string of the molecule is CC1=C(c2nc(-c3cccs3)no2)C(c2ccc(F)cc2)NC(=S)N1c1ccc(F)c(F)c1. The monoisotopic (exact) mass is 484 g/mol. The van der Waals surface area contributed by atoms with Gasteiger partial charge in [0.25, 0.3) is 5.89 Å². The summed E-state index contributed by atoms with van der Waals surface area (Å²) in [4.78, 5) is 6.97. The van der Waals surface area contributed by atoms with Crippen molar-refractivity contribution in [2.24, 2.45) is 0 Å². The average Bonchev–Trinajstić information content (AvgIpc) is 3.48. The van der Waals surface area contributed by atoms with Crippen molar-refractivity contribution in [2.45, 2.75) is 13.0 Å². The number of rotatable bonds is 4. The number of benzene rings is 2. The second kappa shape index (κ2) is 8.45. The molecule has 5 rings (SSSR count). The molecule has 1 atom stereocenters. The number of anilines is 1. The Kier molecular flexibility index (Phi) is 5.47. The lowest BCUT2D eigenvalue weighted by Gasteiger charge is -2.37. The molecule has 0 amide bonds. The topological polar surface area (TPSA) is 54.2 Å². The molecule has 1 aliphatic heterocycles. The molecule has 0 fully saturated rings. The minimum Gasteiger partial charge on any atom is -0.351 e. The minimum atomic E-state index is -0.997. The van der Waals surface area contributed by atoms with Gasteiger partial charge in [0.05, 0.1) is 22.2 Å². The van der Waals surface area contributed by atoms with Crippen LogP contribution >= 0.6 is 23.6 Å². The zero-order valence-corrected chi connectivity index (χ0v) is 18.7. The summed E-state index contributed by atoms with van der Waals surface area (Å²) < 4.78 is 46.7. The number of aromatic nitrogens is 2. The van der Waals surface area contributed by atoms with E-state index in [9.17, 15) is 13.2 Å². The first-order chi connectivity index (χ1) is 15.9. The van der Waals surface area contributed by atoms with Gasteiger partial charge in [-0.1, -0.05) is 23.4 Å². The van der Waals surface area contributed by atoms with Gasteiger partial charge in [-0.3, -0.25) is 4.90 Å². The van der Waals surface area contributed by atoms with Crippen LogP contribution in [0.15, 0.2) is 70.2 Å². The summed E-state index contributed by atoms with van der Waals surface area (Å²) in [5.41, 5.74) is 2.21. The maximum absolute atomic E-state index is 14.0. The van der Waals surface area contributed by atoms with Crippen LogP contribution in [0.5, 0.6) is 0 Å². The highest BCUT2D eigenvalue weighted by Gasteiger charge is 2.35. The van der Waals surface area contributed by atoms with E-state index in [1.54, 1.807) is 24.0 Å². The Morgan fingerprint density at radius 2 is 1.85 bits per heavy atom. The van der Waals surface area contributed by atoms with Gasteiger partial charge in [-0.15, -0.1) is 11.3 Å². The van der Waals surface area contributed by atoms with Crippen molar-refractivity contribution in [3.8, 4) is 10.7 Å². The number of hydrogen-bond acceptors (Lipinski definition) is 5. The molecule has 33 heavy (non-hydrogen) atoms. The molecule has 0 saturated carbocycles. The number of halogens is 3. The first-order valence-corrected chi connectivity index (χ1v) is 11.1. The van der Waals surface area contributed by atoms with Gasteiger partial charge in [0, 0.05) is 11.8 Å². The Hall–Kier alpha value is -3.50. The van der Waals surface area contributed by atoms with Gasteiger partial charge in [-0.25, -0.2) is 13.2 Å². The molecule has 5 nitrogen and oxygen atoms in total. The summed E-state index contributed by atoms with van der Waals surface area (Å²) in [6, 6.07) is 12.7. The maximum Gasteiger partial charge on any atom is 0.258 e. The summed E-state index contributed by atoms with van der Waals surface area (Å²) in [7, 11) is 0. The van der Waals surface area contributed by atoms with Crippen LogP contribution in [0.1, 0.15) is 24.4 Å². The van der Waals surface area contributed by atoms with Crippen molar-refractivity contribution in [1.82, 2.24) is 15.5 Å². The third-order valence-electron chi connectivity index (χ3n) is 5.25. The van der Waals surface area contributed by atoms with Crippen molar-refractivity contribution >= 4 is 39.9 Å². The van der Waals surface area contributed by atoms with E-state index in [-0.39, 0.29) is 16.8 Å². The van der Waals surface area contributed by atoms with E-state index in [0.717, 1.165) is 17.0 Å². The van der Waals surface area contributed by atoms with Gasteiger partial charge >= 0.3 is 0 Å². The Bertz CT molecular complexity index is 1370. The predicted molar refractivity (Wildman–Crippen MR) is 124 cm³/mol. The van der Waals surface area contributed by atoms with Crippen molar-refractivity contribution < 1.29 is 17.7 Å². The molecule has 10 heteroatoms. The molecule has 0 bridgehead atoms. The van der Waals surface area contributed by atoms with E-state index in [1.165, 1.54) is 29.5 Å². The molecule has 0 radical (unpaired) electrons. The van der Waals surface area contributed by atoms with Crippen molar-refractivity contribution in [1.29, 1.82) is 0 Å². The van der Waals surface area contributed by atoms with E-state index in [4.69, 9.17) is 16.7 Å². The van der Waals surface area contributed by atoms with Crippen LogP contribution in [-0.2, 0) is 0 Å². The van der Waals surface area contributed by atoms with Crippen molar-refractivity contribution in [3.05, 3.63) is 94.6 Å². The zero-order chi connectivity index (χ0) is 23.1. The lowest BCUT2D eigenvalue weighted by molar-refractivity contribution is 0.404. The van der Waals surface area contributed by atoms with Crippen LogP contribution in [0, 0.1) is 17.5 Å². The van der Waals surface area contributed by atoms with Crippen LogP contribution in [-0.4, -0.2) is 15.3 Å². The second-order valence-corrected chi connectivity index (χ2v) is 8.60. The minimum absolute atomic E-state index is 0.229. The first kappa shape index (κ1) is 21.4. The van der Waals surface area contributed by atoms with E-state index in [0.29, 0.717) is 28.3 Å². The highest BCUT2D eigenvalue weighted by Crippen LogP contribution is 2.39. The summed E-state index contributed by atoms with van der Waals surface area (Å²) in [5.74, 6) is -1.68. The third-order valence-corrected chi connectivity index (χ3v) is 6.41. The Morgan fingerprint density at radius 1 is 1.06 bits per heavy atom. The van der Waals surface area contributed by atoms with Crippen molar-refractivity contribution in [2.75, 3.05) is 4.90 Å². The number of thiophene rings is 1. The highest BCUT2D eigenvalue weighted by molar-refractivity contribution is 7.80. The summed E-state index contributed by atoms with van der Waals surface area (Å²) in [5, 5.41) is 9.45. The molecule has 0 aliphatic carbocycles. The van der Waals surface area contributed by atoms with Crippen LogP contribution in [0.2, 0.25) is 0 Å². The summed E-state index contributed by atoms with van der Waals surface area (Å²) in [6.07, 6.45) is 0. The zero-order valence-electron chi connectivity index (χ0n) is 17.1. The molecule has 2 aromatic carbocycles. The molecular formula is C23H15F3N4OS2. The number of allylic oxidation sites excluding steroid dienone is 1. The van der Waals surface area contributed by atoms with Gasteiger partial charge in [0.2, 0.25) is 5.82 Å². The van der Waals surface area contributed by atoms with Gasteiger partial charge in [-0.2, -0.15) is 4.98 Å². The molecule has 166 valence electrons. The second-order valence-electron chi connectivity index (χ2n) is 7.27. The van der Waals surface area contributed by atoms with Crippen LogP contribution < -0.4 is 10.2 Å². The molecule has 1 aliphatic rings. The lowest BCUT2D eigenvalue weighted by Crippen LogP contribution is -2.46. The Labute approximate surface area is 196 Å². The highest BCUT2D eigenvalue weighted by atomic mass is 32.1. The quantitative estimate of drug-likeness (QED) is 0.354. The van der Waals surface area contributed by atoms with E-state index >= 15 is 0 Å². The third kappa shape index (κ3) is 3.91. The van der Waals surface area contributed by atoms with E-state index in [1.807, 2.05) is 17.5 Å². The largest absolute Gasteiger partial charge is 0.351 e. The maximum atomic E-state index is 14.0. The smallest absolute Gasteiger partial charge is 0.258 e. The van der Waals surface area contributed by atoms with Crippen LogP contribution in [0.25, 0.3) is 16.3 Å². The Balaban J connectivity index is 1.67. The average molecular weight is 485 g/mol. The molecule has 2 aromatic heterocycles. The van der Waals surface area contributed by atoms with Crippen LogP contribution in [0.3, 0.4) is 0 Å². The fourth-order valence-electron chi connectivity index (χ4n) is 3.70. The number of thiocarbonyl (C=S) groups is 1. The number of nitrogens with one attached hydrogen (secondary N) is 1. The fourth-order valence-corrected chi connectivity index (χ4v) is 4.71. The van der Waals surface area contributed by atoms with Gasteiger partial charge in [0.15, 0.2) is 16.7 Å². The molecule has 1 unspecified atom stereocenters. The van der Waals surface area contributed by atoms with Gasteiger partial charge in [-0.05, 0) is 60.4 Å². The van der Waals surface area contributed by atoms with Crippen molar-refractivity contribution in [3.63, 3.8) is 0 Å². The standard InChI is InChI=1S/C23H15F3N4OS2/c1-12-19(22-28-21(29-31-22)18-3-2-10-33-18)20(13-4-6-14(24)7-5-13)27-23(32)30(12)15-8-9-16(25)17(26)11-15/h2-11,20H,1H3,(H,27,32). The van der Waals surface area contributed by atoms with Crippen LogP contribution in [0.4, 0.5) is 18.9 Å². The molecular weight excluding hydrogens is 469 g/mol. The normalized spacial score (nSPS) is 16.3. The molecule has 1 N–H and O–H groups in total. The molecule has 3 heterocycles. The number of hydrogen-bond donors (Lipinski definition) is 1. The lowest BCUT2D eigenvalue weighted by atomic mass is 9.94. The molecule has 0 saturated heterocycles. The Morgan fingerprint density at radius 3 is 2.55 bits per heavy atom. The summed E-state index contributed by atoms with van der Waals surface area (Å²) in [6.45, 7) is 1.77. The fraction of sp³-hybridized carbons (Fsp3) is 0.0870. The van der Waals surface area contributed by atoms with E-state index in [2.05, 4.69) is 15.5 Å². The van der Waals surface area contributed by atoms with Gasteiger partial charge < -0.3 is 9.84 Å². The first-order valence-electron chi connectivity index (χ1n) is 9.82. The molecule has 0 spiro atoms. The van der Waals surface area contributed by atoms with E-state index < -0.39 is 17.7 Å². The van der Waals surface area contributed by atoms with Gasteiger partial charge in [0.1, 0.15) is 5.82 Å². The summed E-state index contributed by atoms with van der Waals surface area (Å²) >= 11 is 7.03.